The zero-order valence-corrected chi connectivity index (χ0v) is 14.7. The Morgan fingerprint density at radius 1 is 1.19 bits per heavy atom. The van der Waals surface area contributed by atoms with E-state index in [0.717, 1.165) is 35.6 Å². The minimum absolute atomic E-state index is 0.0605. The summed E-state index contributed by atoms with van der Waals surface area (Å²) in [7, 11) is 0. The summed E-state index contributed by atoms with van der Waals surface area (Å²) in [5, 5.41) is 7.36. The lowest BCUT2D eigenvalue weighted by Crippen LogP contribution is -2.15. The van der Waals surface area contributed by atoms with E-state index < -0.39 is 11.6 Å². The van der Waals surface area contributed by atoms with Crippen LogP contribution in [0.1, 0.15) is 12.0 Å². The van der Waals surface area contributed by atoms with Gasteiger partial charge >= 0.3 is 0 Å². The second kappa shape index (κ2) is 7.32. The van der Waals surface area contributed by atoms with E-state index in [4.69, 9.17) is 9.47 Å². The topological polar surface area (TPSA) is 61.2 Å². The van der Waals surface area contributed by atoms with Crippen molar-refractivity contribution in [3.05, 3.63) is 59.9 Å². The predicted molar refractivity (Wildman–Crippen MR) is 95.6 cm³/mol. The molecule has 140 valence electrons. The number of aromatic nitrogens is 3. The number of benzene rings is 2. The zero-order chi connectivity index (χ0) is 18.8. The largest absolute Gasteiger partial charge is 0.488 e. The molecule has 8 heteroatoms. The van der Waals surface area contributed by atoms with Crippen molar-refractivity contribution >= 4 is 11.6 Å². The first kappa shape index (κ1) is 17.4. The number of ether oxygens (including phenoxy) is 2. The molecule has 27 heavy (non-hydrogen) atoms. The van der Waals surface area contributed by atoms with Crippen LogP contribution in [-0.2, 0) is 4.74 Å². The van der Waals surface area contributed by atoms with Crippen LogP contribution in [0.4, 0.5) is 20.4 Å². The fourth-order valence-electron chi connectivity index (χ4n) is 2.89. The Labute approximate surface area is 154 Å². The summed E-state index contributed by atoms with van der Waals surface area (Å²) in [5.74, 6) is -0.764. The van der Waals surface area contributed by atoms with E-state index in [9.17, 15) is 8.78 Å². The average molecular weight is 372 g/mol. The Bertz CT molecular complexity index is 955. The molecule has 6 nitrogen and oxygen atoms in total. The number of nitrogens with zero attached hydrogens (tertiary/aromatic N) is 3. The highest BCUT2D eigenvalue weighted by molar-refractivity contribution is 5.57. The molecule has 0 aliphatic carbocycles. The van der Waals surface area contributed by atoms with Crippen molar-refractivity contribution in [3.8, 4) is 11.4 Å². The number of hydrogen-bond acceptors (Lipinski definition) is 5. The van der Waals surface area contributed by atoms with Crippen molar-refractivity contribution < 1.29 is 18.3 Å². The summed E-state index contributed by atoms with van der Waals surface area (Å²) < 4.78 is 39.1. The lowest BCUT2D eigenvalue weighted by Gasteiger charge is -2.14. The Morgan fingerprint density at radius 3 is 2.85 bits per heavy atom. The van der Waals surface area contributed by atoms with E-state index in [0.29, 0.717) is 24.8 Å². The van der Waals surface area contributed by atoms with Gasteiger partial charge in [0.25, 0.3) is 0 Å². The van der Waals surface area contributed by atoms with E-state index in [1.165, 1.54) is 17.1 Å². The molecule has 1 N–H and O–H groups in total. The summed E-state index contributed by atoms with van der Waals surface area (Å²) in [6.45, 7) is 3.28. The van der Waals surface area contributed by atoms with Crippen LogP contribution in [-0.4, -0.2) is 34.1 Å². The summed E-state index contributed by atoms with van der Waals surface area (Å²) in [4.78, 5) is 4.17. The summed E-state index contributed by atoms with van der Waals surface area (Å²) in [6, 6.07) is 9.31. The van der Waals surface area contributed by atoms with Crippen LogP contribution >= 0.6 is 0 Å². The van der Waals surface area contributed by atoms with Gasteiger partial charge in [0.1, 0.15) is 18.2 Å². The highest BCUT2D eigenvalue weighted by Gasteiger charge is 2.17. The molecule has 1 saturated heterocycles. The fraction of sp³-hybridized carbons (Fsp3) is 0.263. The van der Waals surface area contributed by atoms with E-state index in [1.807, 2.05) is 25.1 Å². The maximum absolute atomic E-state index is 13.4. The van der Waals surface area contributed by atoms with Gasteiger partial charge in [0.2, 0.25) is 5.95 Å². The molecule has 1 aliphatic rings. The predicted octanol–water partition coefficient (Wildman–Crippen LogP) is 3.77. The van der Waals surface area contributed by atoms with Crippen LogP contribution in [0.5, 0.6) is 5.75 Å². The van der Waals surface area contributed by atoms with E-state index in [1.54, 1.807) is 0 Å². The van der Waals surface area contributed by atoms with Crippen molar-refractivity contribution in [1.82, 2.24) is 14.8 Å². The molecule has 0 bridgehead atoms. The summed E-state index contributed by atoms with van der Waals surface area (Å²) in [5.41, 5.74) is 2.17. The number of nitrogens with one attached hydrogen (secondary N) is 1. The molecule has 3 aromatic rings. The van der Waals surface area contributed by atoms with Crippen LogP contribution in [0.15, 0.2) is 42.7 Å². The number of aryl methyl sites for hydroxylation is 1. The van der Waals surface area contributed by atoms with Crippen molar-refractivity contribution in [2.24, 2.45) is 0 Å². The number of hydrogen-bond donors (Lipinski definition) is 1. The molecule has 0 spiro atoms. The Hall–Kier alpha value is -3.00. The highest BCUT2D eigenvalue weighted by atomic mass is 19.2. The van der Waals surface area contributed by atoms with E-state index in [2.05, 4.69) is 15.4 Å². The molecule has 1 aromatic heterocycles. The number of anilines is 2. The highest BCUT2D eigenvalue weighted by Crippen LogP contribution is 2.25. The third kappa shape index (κ3) is 4.06. The Kier molecular flexibility index (Phi) is 4.72. The molecule has 4 rings (SSSR count). The fourth-order valence-corrected chi connectivity index (χ4v) is 2.89. The Morgan fingerprint density at radius 2 is 2.07 bits per heavy atom. The van der Waals surface area contributed by atoms with Gasteiger partial charge in [-0.05, 0) is 36.8 Å². The second-order valence-corrected chi connectivity index (χ2v) is 6.37. The minimum Gasteiger partial charge on any atom is -0.488 e. The molecule has 2 heterocycles. The monoisotopic (exact) mass is 372 g/mol. The lowest BCUT2D eigenvalue weighted by atomic mass is 10.2. The van der Waals surface area contributed by atoms with E-state index >= 15 is 0 Å². The van der Waals surface area contributed by atoms with Gasteiger partial charge in [-0.25, -0.2) is 13.5 Å². The molecular formula is C19H18F2N4O2. The molecule has 2 aromatic carbocycles. The van der Waals surface area contributed by atoms with Crippen molar-refractivity contribution in [2.75, 3.05) is 18.5 Å². The number of rotatable bonds is 5. The lowest BCUT2D eigenvalue weighted by molar-refractivity contribution is 0.141. The van der Waals surface area contributed by atoms with Gasteiger partial charge in [-0.2, -0.15) is 4.98 Å². The Balaban J connectivity index is 1.51. The first-order chi connectivity index (χ1) is 13.1. The van der Waals surface area contributed by atoms with Gasteiger partial charge < -0.3 is 14.8 Å². The molecule has 1 aliphatic heterocycles. The quantitative estimate of drug-likeness (QED) is 0.739. The summed E-state index contributed by atoms with van der Waals surface area (Å²) in [6.07, 6.45) is 2.36. The number of halogens is 2. The van der Waals surface area contributed by atoms with Gasteiger partial charge in [-0.15, -0.1) is 5.10 Å². The maximum Gasteiger partial charge on any atom is 0.246 e. The molecule has 0 radical (unpaired) electrons. The van der Waals surface area contributed by atoms with Gasteiger partial charge in [0, 0.05) is 24.2 Å². The first-order valence-electron chi connectivity index (χ1n) is 8.57. The van der Waals surface area contributed by atoms with Crippen molar-refractivity contribution in [2.45, 2.75) is 19.4 Å². The first-order valence-corrected chi connectivity index (χ1v) is 8.57. The minimum atomic E-state index is -0.936. The maximum atomic E-state index is 13.4. The molecule has 1 unspecified atom stereocenters. The second-order valence-electron chi connectivity index (χ2n) is 6.37. The summed E-state index contributed by atoms with van der Waals surface area (Å²) >= 11 is 0. The molecule has 0 amide bonds. The third-order valence-corrected chi connectivity index (χ3v) is 4.16. The third-order valence-electron chi connectivity index (χ3n) is 4.16. The van der Waals surface area contributed by atoms with Crippen LogP contribution in [0.3, 0.4) is 0 Å². The van der Waals surface area contributed by atoms with Crippen LogP contribution in [0, 0.1) is 18.6 Å². The van der Waals surface area contributed by atoms with E-state index in [-0.39, 0.29) is 6.10 Å². The van der Waals surface area contributed by atoms with Crippen LogP contribution < -0.4 is 10.1 Å². The smallest absolute Gasteiger partial charge is 0.246 e. The van der Waals surface area contributed by atoms with Gasteiger partial charge in [-0.3, -0.25) is 0 Å². The standard InChI is InChI=1S/C19H18F2N4O2/c1-12-6-13(8-16(7-12)27-15-4-5-26-10-15)23-19-22-11-25(24-19)14-2-3-17(20)18(21)9-14/h2-3,6-9,11,15H,4-5,10H2,1H3,(H,23,24). The average Bonchev–Trinajstić information content (AvgIpc) is 3.29. The zero-order valence-electron chi connectivity index (χ0n) is 14.7. The van der Waals surface area contributed by atoms with Gasteiger partial charge in [-0.1, -0.05) is 0 Å². The van der Waals surface area contributed by atoms with Crippen molar-refractivity contribution in [1.29, 1.82) is 0 Å². The molecule has 0 saturated carbocycles. The SMILES string of the molecule is Cc1cc(Nc2ncn(-c3ccc(F)c(F)c3)n2)cc(OC2CCOC2)c1. The normalized spacial score (nSPS) is 16.5. The van der Waals surface area contributed by atoms with Gasteiger partial charge in [0.15, 0.2) is 11.6 Å². The van der Waals surface area contributed by atoms with Crippen molar-refractivity contribution in [3.63, 3.8) is 0 Å². The van der Waals surface area contributed by atoms with Gasteiger partial charge in [0.05, 0.1) is 18.9 Å². The van der Waals surface area contributed by atoms with Crippen LogP contribution in [0.2, 0.25) is 0 Å². The molecular weight excluding hydrogens is 354 g/mol. The molecule has 1 fully saturated rings. The van der Waals surface area contributed by atoms with Crippen LogP contribution in [0.25, 0.3) is 5.69 Å². The molecule has 1 atom stereocenters.